The first kappa shape index (κ1) is 18.5. The monoisotopic (exact) mass is 250 g/mol. The van der Waals surface area contributed by atoms with Crippen LogP contribution in [0.3, 0.4) is 0 Å². The molecule has 0 aliphatic heterocycles. The van der Waals surface area contributed by atoms with E-state index >= 15 is 0 Å². The molecule has 100 valence electrons. The van der Waals surface area contributed by atoms with Gasteiger partial charge < -0.3 is 0 Å². The van der Waals surface area contributed by atoms with Gasteiger partial charge in [0.2, 0.25) is 0 Å². The average Bonchev–Trinajstić information content (AvgIpc) is 2.41. The van der Waals surface area contributed by atoms with Gasteiger partial charge >= 0.3 is 0 Å². The molecule has 0 fully saturated rings. The van der Waals surface area contributed by atoms with Gasteiger partial charge in [-0.2, -0.15) is 5.26 Å². The predicted molar refractivity (Wildman–Crippen MR) is 74.5 cm³/mol. The Labute approximate surface area is 109 Å². The summed E-state index contributed by atoms with van der Waals surface area (Å²) in [5.74, 6) is 0. The number of nitriles is 1. The lowest BCUT2D eigenvalue weighted by Gasteiger charge is -1.98. The van der Waals surface area contributed by atoms with Gasteiger partial charge in [0.15, 0.2) is 0 Å². The van der Waals surface area contributed by atoms with Gasteiger partial charge in [-0.15, -0.1) is 0 Å². The van der Waals surface area contributed by atoms with Crippen molar-refractivity contribution >= 4 is 5.69 Å². The van der Waals surface area contributed by atoms with E-state index < -0.39 is 4.92 Å². The van der Waals surface area contributed by atoms with Gasteiger partial charge in [0.05, 0.1) is 16.6 Å². The fourth-order valence-electron chi connectivity index (χ4n) is 1.09. The van der Waals surface area contributed by atoms with E-state index in [4.69, 9.17) is 5.26 Å². The molecule has 0 atom stereocenters. The topological polar surface area (TPSA) is 66.9 Å². The number of nitro benzene ring substituents is 1. The van der Waals surface area contributed by atoms with Gasteiger partial charge in [-0.3, -0.25) is 10.1 Å². The van der Waals surface area contributed by atoms with Crippen molar-refractivity contribution in [3.63, 3.8) is 0 Å². The van der Waals surface area contributed by atoms with Crippen LogP contribution in [0.2, 0.25) is 0 Å². The van der Waals surface area contributed by atoms with E-state index in [-0.39, 0.29) is 5.69 Å². The van der Waals surface area contributed by atoms with Crippen LogP contribution in [0.1, 0.15) is 52.2 Å². The second-order valence-corrected chi connectivity index (χ2v) is 3.27. The van der Waals surface area contributed by atoms with Crippen LogP contribution in [-0.4, -0.2) is 4.92 Å². The minimum absolute atomic E-state index is 0.0336. The molecular weight excluding hydrogens is 228 g/mol. The van der Waals surface area contributed by atoms with Gasteiger partial charge in [-0.25, -0.2) is 0 Å². The van der Waals surface area contributed by atoms with E-state index in [1.54, 1.807) is 6.07 Å². The summed E-state index contributed by atoms with van der Waals surface area (Å²) in [4.78, 5) is 9.87. The van der Waals surface area contributed by atoms with E-state index in [0.29, 0.717) is 12.0 Å². The molecule has 0 radical (unpaired) electrons. The third kappa shape index (κ3) is 6.64. The number of aryl methyl sites for hydroxylation is 1. The second-order valence-electron chi connectivity index (χ2n) is 3.27. The smallest absolute Gasteiger partial charge is 0.258 e. The Morgan fingerprint density at radius 2 is 1.78 bits per heavy atom. The maximum absolute atomic E-state index is 10.4. The minimum Gasteiger partial charge on any atom is -0.258 e. The van der Waals surface area contributed by atoms with Crippen molar-refractivity contribution in [2.75, 3.05) is 0 Å². The Hall–Kier alpha value is -1.89. The molecule has 4 nitrogen and oxygen atoms in total. The van der Waals surface area contributed by atoms with E-state index in [0.717, 1.165) is 5.56 Å². The third-order valence-corrected chi connectivity index (χ3v) is 1.81. The van der Waals surface area contributed by atoms with Gasteiger partial charge in [-0.1, -0.05) is 47.1 Å². The fraction of sp³-hybridized carbons (Fsp3) is 0.500. The van der Waals surface area contributed by atoms with Crippen molar-refractivity contribution in [1.29, 1.82) is 5.26 Å². The van der Waals surface area contributed by atoms with Gasteiger partial charge in [-0.05, 0) is 12.0 Å². The Bertz CT molecular complexity index is 395. The molecular formula is C14H22N2O2. The van der Waals surface area contributed by atoms with Crippen LogP contribution < -0.4 is 0 Å². The predicted octanol–water partition coefficient (Wildman–Crippen LogP) is 4.47. The van der Waals surface area contributed by atoms with Crippen LogP contribution in [-0.2, 0) is 6.42 Å². The highest BCUT2D eigenvalue weighted by molar-refractivity contribution is 5.46. The van der Waals surface area contributed by atoms with Crippen molar-refractivity contribution in [3.8, 4) is 6.07 Å². The highest BCUT2D eigenvalue weighted by Crippen LogP contribution is 2.17. The lowest BCUT2D eigenvalue weighted by molar-refractivity contribution is -0.384. The largest absolute Gasteiger partial charge is 0.270 e. The summed E-state index contributed by atoms with van der Waals surface area (Å²) in [6.45, 7) is 10.2. The maximum Gasteiger partial charge on any atom is 0.270 e. The first-order valence-electron chi connectivity index (χ1n) is 6.28. The normalized spacial score (nSPS) is 8.00. The zero-order chi connectivity index (χ0) is 14.6. The van der Waals surface area contributed by atoms with Crippen LogP contribution in [0.4, 0.5) is 5.69 Å². The molecule has 0 aromatic heterocycles. The lowest BCUT2D eigenvalue weighted by atomic mass is 10.1. The van der Waals surface area contributed by atoms with Crippen LogP contribution in [0.25, 0.3) is 0 Å². The first-order valence-corrected chi connectivity index (χ1v) is 6.28. The van der Waals surface area contributed by atoms with E-state index in [9.17, 15) is 10.1 Å². The number of benzene rings is 1. The average molecular weight is 250 g/mol. The molecule has 0 N–H and O–H groups in total. The highest BCUT2D eigenvalue weighted by Gasteiger charge is 2.08. The number of non-ortho nitro benzene ring substituents is 1. The quantitative estimate of drug-likeness (QED) is 0.574. The summed E-state index contributed by atoms with van der Waals surface area (Å²) >= 11 is 0. The molecule has 18 heavy (non-hydrogen) atoms. The molecule has 4 heteroatoms. The molecule has 0 amide bonds. The zero-order valence-corrected chi connectivity index (χ0v) is 11.9. The Balaban J connectivity index is 0. The maximum atomic E-state index is 10.4. The van der Waals surface area contributed by atoms with E-state index in [1.807, 2.05) is 26.8 Å². The Kier molecular flexibility index (Phi) is 11.9. The summed E-state index contributed by atoms with van der Waals surface area (Å²) in [5, 5.41) is 19.0. The number of nitrogens with zero attached hydrogens (tertiary/aromatic N) is 2. The minimum atomic E-state index is -0.500. The molecule has 0 unspecified atom stereocenters. The number of hydrogen-bond donors (Lipinski definition) is 0. The summed E-state index contributed by atoms with van der Waals surface area (Å²) in [6, 6.07) is 6.28. The number of hydrogen-bond acceptors (Lipinski definition) is 3. The summed E-state index contributed by atoms with van der Waals surface area (Å²) in [5.41, 5.74) is 1.19. The van der Waals surface area contributed by atoms with Crippen LogP contribution in [0, 0.1) is 21.4 Å². The molecule has 0 saturated carbocycles. The van der Waals surface area contributed by atoms with Crippen molar-refractivity contribution in [2.24, 2.45) is 0 Å². The summed E-state index contributed by atoms with van der Waals surface area (Å²) < 4.78 is 0. The van der Waals surface area contributed by atoms with Crippen molar-refractivity contribution in [1.82, 2.24) is 0 Å². The third-order valence-electron chi connectivity index (χ3n) is 1.81. The van der Waals surface area contributed by atoms with Crippen LogP contribution in [0.5, 0.6) is 0 Å². The Morgan fingerprint density at radius 3 is 2.11 bits per heavy atom. The van der Waals surface area contributed by atoms with E-state index in [1.165, 1.54) is 18.6 Å². The number of nitro groups is 1. The molecule has 1 rings (SSSR count). The summed E-state index contributed by atoms with van der Waals surface area (Å²) in [6.07, 6.45) is 1.96. The summed E-state index contributed by atoms with van der Waals surface area (Å²) in [7, 11) is 0. The van der Waals surface area contributed by atoms with Crippen molar-refractivity contribution in [3.05, 3.63) is 39.4 Å². The Morgan fingerprint density at radius 1 is 1.28 bits per heavy atom. The zero-order valence-electron chi connectivity index (χ0n) is 11.9. The van der Waals surface area contributed by atoms with Gasteiger partial charge in [0, 0.05) is 12.1 Å². The highest BCUT2D eigenvalue weighted by atomic mass is 16.6. The van der Waals surface area contributed by atoms with Gasteiger partial charge in [0.25, 0.3) is 5.69 Å². The molecule has 0 saturated heterocycles. The number of rotatable bonds is 2. The molecule has 0 spiro atoms. The first-order chi connectivity index (χ1) is 8.60. The second kappa shape index (κ2) is 11.6. The van der Waals surface area contributed by atoms with Crippen molar-refractivity contribution in [2.45, 2.75) is 47.5 Å². The van der Waals surface area contributed by atoms with E-state index in [2.05, 4.69) is 13.8 Å². The lowest BCUT2D eigenvalue weighted by Crippen LogP contribution is -1.92. The molecule has 0 heterocycles. The molecule has 0 aliphatic rings. The molecule has 1 aromatic carbocycles. The molecule has 0 aliphatic carbocycles. The van der Waals surface area contributed by atoms with Gasteiger partial charge in [0.1, 0.15) is 0 Å². The standard InChI is InChI=1S/C9H8N2O2.C3H8.C2H6/c1-2-7-3-4-9(11(12)13)5-8(7)6-10;1-3-2;1-2/h3-5H,2H2,1H3;3H2,1-2H3;1-2H3. The van der Waals surface area contributed by atoms with Crippen molar-refractivity contribution < 1.29 is 4.92 Å². The molecule has 0 bridgehead atoms. The fourth-order valence-corrected chi connectivity index (χ4v) is 1.09. The SMILES string of the molecule is CC.CCC.CCc1ccc([N+](=O)[O-])cc1C#N. The molecule has 1 aromatic rings. The van der Waals surface area contributed by atoms with Crippen LogP contribution in [0.15, 0.2) is 18.2 Å². The van der Waals surface area contributed by atoms with Crippen LogP contribution >= 0.6 is 0 Å².